The zero-order valence-electron chi connectivity index (χ0n) is 10.3. The monoisotopic (exact) mass is 241 g/mol. The summed E-state index contributed by atoms with van der Waals surface area (Å²) in [6.45, 7) is 3.79. The molecule has 2 bridgehead atoms. The van der Waals surface area contributed by atoms with Gasteiger partial charge >= 0.3 is 0 Å². The lowest BCUT2D eigenvalue weighted by Crippen LogP contribution is -2.37. The lowest BCUT2D eigenvalue weighted by atomic mass is 10.1. The SMILES string of the molecule is Cc1nnc(N2C[C@H]3C[C@H]2CO3)c2ccccc12. The van der Waals surface area contributed by atoms with E-state index < -0.39 is 0 Å². The molecule has 4 rings (SSSR count). The van der Waals surface area contributed by atoms with E-state index in [4.69, 9.17) is 4.74 Å². The van der Waals surface area contributed by atoms with E-state index in [1.165, 1.54) is 10.8 Å². The molecular weight excluding hydrogens is 226 g/mol. The number of nitrogens with zero attached hydrogens (tertiary/aromatic N) is 3. The van der Waals surface area contributed by atoms with Crippen LogP contribution in [0.3, 0.4) is 0 Å². The highest BCUT2D eigenvalue weighted by atomic mass is 16.5. The van der Waals surface area contributed by atoms with Crippen molar-refractivity contribution in [3.05, 3.63) is 30.0 Å². The minimum atomic E-state index is 0.386. The Morgan fingerprint density at radius 1 is 1.22 bits per heavy atom. The Morgan fingerprint density at radius 3 is 2.78 bits per heavy atom. The van der Waals surface area contributed by atoms with Gasteiger partial charge in [0.25, 0.3) is 0 Å². The van der Waals surface area contributed by atoms with Gasteiger partial charge in [-0.25, -0.2) is 0 Å². The summed E-state index contributed by atoms with van der Waals surface area (Å²) in [5, 5.41) is 11.1. The first-order valence-electron chi connectivity index (χ1n) is 6.43. The number of benzene rings is 1. The van der Waals surface area contributed by atoms with Crippen LogP contribution < -0.4 is 4.90 Å². The molecule has 3 heterocycles. The molecule has 0 saturated carbocycles. The third kappa shape index (κ3) is 1.35. The summed E-state index contributed by atoms with van der Waals surface area (Å²) in [5.74, 6) is 1.02. The molecule has 0 spiro atoms. The van der Waals surface area contributed by atoms with E-state index in [9.17, 15) is 0 Å². The third-order valence-corrected chi connectivity index (χ3v) is 4.02. The maximum absolute atomic E-state index is 5.65. The molecule has 2 saturated heterocycles. The normalized spacial score (nSPS) is 26.2. The van der Waals surface area contributed by atoms with Crippen LogP contribution in [0.5, 0.6) is 0 Å². The van der Waals surface area contributed by atoms with Gasteiger partial charge in [-0.1, -0.05) is 24.3 Å². The van der Waals surface area contributed by atoms with Crippen molar-refractivity contribution in [3.8, 4) is 0 Å². The Kier molecular flexibility index (Phi) is 2.08. The summed E-state index contributed by atoms with van der Waals surface area (Å²) >= 11 is 0. The largest absolute Gasteiger partial charge is 0.374 e. The standard InChI is InChI=1S/C14H15N3O/c1-9-12-4-2-3-5-13(12)14(16-15-9)17-7-11-6-10(17)8-18-11/h2-5,10-11H,6-8H2,1H3/t10-,11+/m0/s1. The van der Waals surface area contributed by atoms with Crippen molar-refractivity contribution in [2.45, 2.75) is 25.5 Å². The van der Waals surface area contributed by atoms with E-state index >= 15 is 0 Å². The molecule has 0 aliphatic carbocycles. The minimum absolute atomic E-state index is 0.386. The van der Waals surface area contributed by atoms with Crippen molar-refractivity contribution in [2.24, 2.45) is 0 Å². The molecule has 0 amide bonds. The highest BCUT2D eigenvalue weighted by Gasteiger charge is 2.40. The van der Waals surface area contributed by atoms with Gasteiger partial charge < -0.3 is 9.64 Å². The average molecular weight is 241 g/mol. The summed E-state index contributed by atoms with van der Waals surface area (Å²) in [7, 11) is 0. The van der Waals surface area contributed by atoms with Crippen molar-refractivity contribution in [1.29, 1.82) is 0 Å². The highest BCUT2D eigenvalue weighted by Crippen LogP contribution is 2.35. The van der Waals surface area contributed by atoms with E-state index in [0.29, 0.717) is 12.1 Å². The van der Waals surface area contributed by atoms with E-state index in [1.807, 2.05) is 6.92 Å². The summed E-state index contributed by atoms with van der Waals surface area (Å²) in [5.41, 5.74) is 0.995. The Morgan fingerprint density at radius 2 is 2.06 bits per heavy atom. The van der Waals surface area contributed by atoms with Crippen LogP contribution in [0, 0.1) is 6.92 Å². The molecule has 4 nitrogen and oxygen atoms in total. The Labute approximate surface area is 106 Å². The first-order valence-corrected chi connectivity index (χ1v) is 6.43. The van der Waals surface area contributed by atoms with Crippen LogP contribution in [0.25, 0.3) is 10.8 Å². The van der Waals surface area contributed by atoms with Crippen LogP contribution in [0.1, 0.15) is 12.1 Å². The molecule has 1 aromatic heterocycles. The maximum Gasteiger partial charge on any atom is 0.159 e. The van der Waals surface area contributed by atoms with Crippen LogP contribution in [-0.4, -0.2) is 35.5 Å². The molecule has 2 atom stereocenters. The molecule has 4 heteroatoms. The van der Waals surface area contributed by atoms with Gasteiger partial charge in [0.05, 0.1) is 24.4 Å². The minimum Gasteiger partial charge on any atom is -0.374 e. The van der Waals surface area contributed by atoms with Crippen LogP contribution in [0.4, 0.5) is 5.82 Å². The molecule has 2 aliphatic rings. The fourth-order valence-corrected chi connectivity index (χ4v) is 3.09. The molecule has 18 heavy (non-hydrogen) atoms. The van der Waals surface area contributed by atoms with Crippen LogP contribution in [-0.2, 0) is 4.74 Å². The van der Waals surface area contributed by atoms with Gasteiger partial charge in [-0.2, -0.15) is 5.10 Å². The van der Waals surface area contributed by atoms with Crippen LogP contribution in [0.2, 0.25) is 0 Å². The van der Waals surface area contributed by atoms with Gasteiger partial charge in [0.15, 0.2) is 5.82 Å². The zero-order valence-corrected chi connectivity index (χ0v) is 10.3. The molecule has 0 radical (unpaired) electrons. The Bertz CT molecular complexity index is 613. The molecule has 2 fully saturated rings. The third-order valence-electron chi connectivity index (χ3n) is 4.02. The van der Waals surface area contributed by atoms with Crippen LogP contribution in [0.15, 0.2) is 24.3 Å². The number of rotatable bonds is 1. The number of aromatic nitrogens is 2. The van der Waals surface area contributed by atoms with Crippen molar-refractivity contribution >= 4 is 16.6 Å². The van der Waals surface area contributed by atoms with Crippen LogP contribution >= 0.6 is 0 Å². The number of hydrogen-bond donors (Lipinski definition) is 0. The van der Waals surface area contributed by atoms with Crippen molar-refractivity contribution < 1.29 is 4.74 Å². The van der Waals surface area contributed by atoms with Gasteiger partial charge in [-0.15, -0.1) is 5.10 Å². The van der Waals surface area contributed by atoms with Gasteiger partial charge in [0, 0.05) is 17.3 Å². The Hall–Kier alpha value is -1.68. The quantitative estimate of drug-likeness (QED) is 0.764. The first kappa shape index (κ1) is 10.3. The number of aryl methyl sites for hydroxylation is 1. The highest BCUT2D eigenvalue weighted by molar-refractivity contribution is 5.93. The van der Waals surface area contributed by atoms with E-state index in [-0.39, 0.29) is 0 Å². The van der Waals surface area contributed by atoms with Crippen molar-refractivity contribution in [3.63, 3.8) is 0 Å². The number of ether oxygens (including phenoxy) is 1. The molecule has 2 aromatic rings. The van der Waals surface area contributed by atoms with Gasteiger partial charge in [-0.05, 0) is 13.3 Å². The molecular formula is C14H15N3O. The second-order valence-corrected chi connectivity index (χ2v) is 5.15. The summed E-state index contributed by atoms with van der Waals surface area (Å²) in [6.07, 6.45) is 1.51. The maximum atomic E-state index is 5.65. The summed E-state index contributed by atoms with van der Waals surface area (Å²) in [4.78, 5) is 2.36. The van der Waals surface area contributed by atoms with Gasteiger partial charge in [-0.3, -0.25) is 0 Å². The second kappa shape index (κ2) is 3.65. The average Bonchev–Trinajstić information content (AvgIpc) is 3.02. The van der Waals surface area contributed by atoms with Gasteiger partial charge in [0.2, 0.25) is 0 Å². The molecule has 2 aliphatic heterocycles. The van der Waals surface area contributed by atoms with Crippen molar-refractivity contribution in [2.75, 3.05) is 18.1 Å². The predicted molar refractivity (Wildman–Crippen MR) is 69.8 cm³/mol. The molecule has 0 unspecified atom stereocenters. The lowest BCUT2D eigenvalue weighted by Gasteiger charge is -2.28. The van der Waals surface area contributed by atoms with Crippen molar-refractivity contribution in [1.82, 2.24) is 10.2 Å². The number of anilines is 1. The summed E-state index contributed by atoms with van der Waals surface area (Å²) < 4.78 is 5.65. The van der Waals surface area contributed by atoms with Gasteiger partial charge in [0.1, 0.15) is 0 Å². The second-order valence-electron chi connectivity index (χ2n) is 5.15. The predicted octanol–water partition coefficient (Wildman–Crippen LogP) is 1.92. The summed E-state index contributed by atoms with van der Waals surface area (Å²) in [6, 6.07) is 8.86. The van der Waals surface area contributed by atoms with E-state index in [0.717, 1.165) is 31.1 Å². The molecule has 1 aromatic carbocycles. The Balaban J connectivity index is 1.88. The fraction of sp³-hybridized carbons (Fsp3) is 0.429. The zero-order chi connectivity index (χ0) is 12.1. The fourth-order valence-electron chi connectivity index (χ4n) is 3.09. The topological polar surface area (TPSA) is 38.2 Å². The van der Waals surface area contributed by atoms with E-state index in [1.54, 1.807) is 0 Å². The smallest absolute Gasteiger partial charge is 0.159 e. The molecule has 92 valence electrons. The first-order chi connectivity index (χ1) is 8.83. The number of fused-ring (bicyclic) bond motifs is 3. The number of hydrogen-bond acceptors (Lipinski definition) is 4. The lowest BCUT2D eigenvalue weighted by molar-refractivity contribution is 0.0989. The number of morpholine rings is 1. The van der Waals surface area contributed by atoms with E-state index in [2.05, 4.69) is 39.4 Å². The molecule has 0 N–H and O–H groups in total.